The summed E-state index contributed by atoms with van der Waals surface area (Å²) in [5.41, 5.74) is 8.11. The molecule has 3 aliphatic rings. The van der Waals surface area contributed by atoms with Crippen molar-refractivity contribution in [3.63, 3.8) is 0 Å². The fourth-order valence-corrected chi connectivity index (χ4v) is 7.46. The van der Waals surface area contributed by atoms with Gasteiger partial charge in [0.2, 0.25) is 0 Å². The van der Waals surface area contributed by atoms with Crippen LogP contribution in [0.15, 0.2) is 30.3 Å². The zero-order valence-electron chi connectivity index (χ0n) is 18.6. The first-order valence-corrected chi connectivity index (χ1v) is 12.4. The smallest absolute Gasteiger partial charge is 0.0818 e. The molecule has 1 aromatic rings. The maximum Gasteiger partial charge on any atom is 0.0818 e. The van der Waals surface area contributed by atoms with E-state index >= 15 is 0 Å². The third kappa shape index (κ3) is 4.02. The number of hydrogen-bond acceptors (Lipinski definition) is 2. The highest BCUT2D eigenvalue weighted by molar-refractivity contribution is 7.80. The first kappa shape index (κ1) is 21.3. The van der Waals surface area contributed by atoms with Crippen molar-refractivity contribution < 1.29 is 0 Å². The quantitative estimate of drug-likeness (QED) is 0.597. The van der Waals surface area contributed by atoms with Crippen LogP contribution in [0.25, 0.3) is 0 Å². The van der Waals surface area contributed by atoms with Crippen molar-refractivity contribution in [1.82, 2.24) is 5.32 Å². The molecule has 160 valence electrons. The van der Waals surface area contributed by atoms with E-state index in [2.05, 4.69) is 56.4 Å². The second-order valence-corrected chi connectivity index (χ2v) is 11.2. The van der Waals surface area contributed by atoms with Gasteiger partial charge in [-0.1, -0.05) is 63.3 Å². The van der Waals surface area contributed by atoms with Gasteiger partial charge in [-0.25, -0.2) is 0 Å². The fraction of sp³-hybridized carbons (Fsp3) is 0.731. The summed E-state index contributed by atoms with van der Waals surface area (Å²) in [4.78, 5) is 1.16. The maximum absolute atomic E-state index is 6.20. The van der Waals surface area contributed by atoms with Gasteiger partial charge in [0.1, 0.15) is 0 Å². The molecular formula is C26H40N2S. The lowest BCUT2D eigenvalue weighted by Gasteiger charge is -2.58. The summed E-state index contributed by atoms with van der Waals surface area (Å²) in [6.07, 6.45) is 10.9. The summed E-state index contributed by atoms with van der Waals surface area (Å²) in [5, 5.41) is 3.86. The number of nitrogens with one attached hydrogen (secondary N) is 1. The number of rotatable bonds is 4. The monoisotopic (exact) mass is 412 g/mol. The van der Waals surface area contributed by atoms with Crippen LogP contribution in [-0.4, -0.2) is 17.1 Å². The molecule has 4 rings (SSSR count). The second kappa shape index (κ2) is 8.30. The van der Waals surface area contributed by atoms with Crippen LogP contribution < -0.4 is 11.1 Å². The van der Waals surface area contributed by atoms with Crippen molar-refractivity contribution in [3.05, 3.63) is 35.9 Å². The Balaban J connectivity index is 1.62. The summed E-state index contributed by atoms with van der Waals surface area (Å²) in [5.74, 6) is 2.34. The van der Waals surface area contributed by atoms with Crippen LogP contribution in [0.5, 0.6) is 0 Å². The lowest BCUT2D eigenvalue weighted by molar-refractivity contribution is 0.00321. The van der Waals surface area contributed by atoms with Crippen molar-refractivity contribution in [1.29, 1.82) is 0 Å². The van der Waals surface area contributed by atoms with E-state index in [4.69, 9.17) is 18.0 Å². The van der Waals surface area contributed by atoms with Crippen LogP contribution in [0.4, 0.5) is 0 Å². The first-order valence-electron chi connectivity index (χ1n) is 12.0. The molecule has 3 aliphatic carbocycles. The summed E-state index contributed by atoms with van der Waals surface area (Å²) in [6.45, 7) is 7.35. The molecule has 3 saturated carbocycles. The molecule has 0 amide bonds. The number of nitrogens with two attached hydrogens (primary N) is 1. The van der Waals surface area contributed by atoms with Gasteiger partial charge in [-0.15, -0.1) is 0 Å². The van der Waals surface area contributed by atoms with Gasteiger partial charge in [0, 0.05) is 17.5 Å². The number of benzene rings is 1. The molecule has 29 heavy (non-hydrogen) atoms. The molecule has 0 radical (unpaired) electrons. The molecule has 0 aliphatic heterocycles. The van der Waals surface area contributed by atoms with Crippen molar-refractivity contribution in [3.8, 4) is 0 Å². The van der Waals surface area contributed by atoms with E-state index in [1.54, 1.807) is 5.56 Å². The van der Waals surface area contributed by atoms with Gasteiger partial charge < -0.3 is 11.1 Å². The Labute approximate surface area is 183 Å². The van der Waals surface area contributed by atoms with Crippen LogP contribution in [0, 0.1) is 23.2 Å². The minimum atomic E-state index is 0.141. The maximum atomic E-state index is 6.20. The predicted octanol–water partition coefficient (Wildman–Crippen LogP) is 5.98. The van der Waals surface area contributed by atoms with Crippen molar-refractivity contribution in [2.24, 2.45) is 28.9 Å². The number of fused-ring (bicyclic) bond motifs is 2. The zero-order chi connectivity index (χ0) is 20.6. The Kier molecular flexibility index (Phi) is 6.10. The highest BCUT2D eigenvalue weighted by Crippen LogP contribution is 2.60. The molecule has 3 fully saturated rings. The topological polar surface area (TPSA) is 38.0 Å². The van der Waals surface area contributed by atoms with Crippen LogP contribution in [0.3, 0.4) is 0 Å². The largest absolute Gasteiger partial charge is 0.376 e. The van der Waals surface area contributed by atoms with E-state index in [1.165, 1.54) is 38.5 Å². The van der Waals surface area contributed by atoms with Crippen LogP contribution in [0.2, 0.25) is 0 Å². The zero-order valence-corrected chi connectivity index (χ0v) is 19.4. The Morgan fingerprint density at radius 3 is 2.41 bits per heavy atom. The van der Waals surface area contributed by atoms with Gasteiger partial charge in [0.05, 0.1) is 4.99 Å². The SMILES string of the molecule is CCC1(C(=S)NC2CCC(N)CC2)CC2CC(c3ccccc3)(CC(C)C2C)C1. The Morgan fingerprint density at radius 2 is 1.76 bits per heavy atom. The standard InChI is InChI=1S/C26H40N2S/c1-4-25(24(29)28-23-12-10-22(27)11-13-23)15-20-16-26(17-25,14-18(2)19(20)3)21-8-6-5-7-9-21/h5-9,18-20,22-23H,4,10-17,27H2,1-3H3,(H,28,29). The third-order valence-corrected chi connectivity index (χ3v) is 9.54. The molecule has 0 aromatic heterocycles. The average molecular weight is 413 g/mol. The van der Waals surface area contributed by atoms with E-state index in [0.29, 0.717) is 12.1 Å². The normalized spacial score (nSPS) is 42.3. The minimum absolute atomic E-state index is 0.141. The fourth-order valence-electron chi connectivity index (χ4n) is 7.00. The summed E-state index contributed by atoms with van der Waals surface area (Å²) < 4.78 is 0. The molecule has 2 nitrogen and oxygen atoms in total. The summed E-state index contributed by atoms with van der Waals surface area (Å²) >= 11 is 6.20. The van der Waals surface area contributed by atoms with E-state index in [-0.39, 0.29) is 10.8 Å². The van der Waals surface area contributed by atoms with Gasteiger partial charge in [-0.3, -0.25) is 0 Å². The molecule has 1 aromatic carbocycles. The highest BCUT2D eigenvalue weighted by Gasteiger charge is 2.55. The Bertz CT molecular complexity index is 707. The molecule has 0 spiro atoms. The lowest BCUT2D eigenvalue weighted by atomic mass is 9.47. The Hall–Kier alpha value is -0.930. The van der Waals surface area contributed by atoms with Crippen LogP contribution in [-0.2, 0) is 5.41 Å². The molecule has 2 bridgehead atoms. The first-order chi connectivity index (χ1) is 13.9. The highest BCUT2D eigenvalue weighted by atomic mass is 32.1. The average Bonchev–Trinajstić information content (AvgIpc) is 2.74. The molecule has 5 atom stereocenters. The van der Waals surface area contributed by atoms with Crippen LogP contribution in [0.1, 0.15) is 84.1 Å². The molecule has 3 heteroatoms. The predicted molar refractivity (Wildman–Crippen MR) is 127 cm³/mol. The van der Waals surface area contributed by atoms with Crippen molar-refractivity contribution in [2.45, 2.75) is 96.1 Å². The molecule has 0 saturated heterocycles. The van der Waals surface area contributed by atoms with Crippen molar-refractivity contribution >= 4 is 17.2 Å². The Morgan fingerprint density at radius 1 is 1.07 bits per heavy atom. The molecule has 5 unspecified atom stereocenters. The lowest BCUT2D eigenvalue weighted by Crippen LogP contribution is -2.56. The summed E-state index contributed by atoms with van der Waals surface area (Å²) in [7, 11) is 0. The van der Waals surface area contributed by atoms with Gasteiger partial charge in [-0.05, 0) is 86.5 Å². The number of hydrogen-bond donors (Lipinski definition) is 2. The second-order valence-electron chi connectivity index (χ2n) is 10.8. The van der Waals surface area contributed by atoms with Crippen molar-refractivity contribution in [2.75, 3.05) is 0 Å². The van der Waals surface area contributed by atoms with Gasteiger partial charge in [-0.2, -0.15) is 0 Å². The van der Waals surface area contributed by atoms with Crippen LogP contribution >= 0.6 is 12.2 Å². The van der Waals surface area contributed by atoms with E-state index in [0.717, 1.165) is 42.0 Å². The minimum Gasteiger partial charge on any atom is -0.376 e. The van der Waals surface area contributed by atoms with E-state index < -0.39 is 0 Å². The molecule has 3 N–H and O–H groups in total. The van der Waals surface area contributed by atoms with E-state index in [1.807, 2.05) is 0 Å². The van der Waals surface area contributed by atoms with Gasteiger partial charge >= 0.3 is 0 Å². The summed E-state index contributed by atoms with van der Waals surface area (Å²) in [6, 6.07) is 12.3. The number of thiocarbonyl (C=S) groups is 1. The van der Waals surface area contributed by atoms with Gasteiger partial charge in [0.15, 0.2) is 0 Å². The van der Waals surface area contributed by atoms with Gasteiger partial charge in [0.25, 0.3) is 0 Å². The molecule has 0 heterocycles. The van der Waals surface area contributed by atoms with E-state index in [9.17, 15) is 0 Å². The molecular weight excluding hydrogens is 372 g/mol. The third-order valence-electron chi connectivity index (χ3n) is 8.99.